The topological polar surface area (TPSA) is 120 Å². The number of nitro groups is 1. The summed E-state index contributed by atoms with van der Waals surface area (Å²) >= 11 is 0. The lowest BCUT2D eigenvalue weighted by molar-refractivity contribution is -0.385. The second-order valence-electron chi connectivity index (χ2n) is 5.08. The maximum Gasteiger partial charge on any atom is 0.350 e. The maximum absolute atomic E-state index is 12.3. The van der Waals surface area contributed by atoms with Crippen LogP contribution in [0.5, 0.6) is 5.75 Å². The van der Waals surface area contributed by atoms with Crippen LogP contribution in [0.15, 0.2) is 39.5 Å². The first-order chi connectivity index (χ1) is 10.9. The van der Waals surface area contributed by atoms with Crippen molar-refractivity contribution in [1.29, 1.82) is 0 Å². The predicted molar refractivity (Wildman–Crippen MR) is 76.5 cm³/mol. The lowest BCUT2D eigenvalue weighted by Gasteiger charge is -2.16. The van der Waals surface area contributed by atoms with Crippen LogP contribution in [0.2, 0.25) is 0 Å². The molecule has 3 rings (SSSR count). The molecule has 0 spiro atoms. The fourth-order valence-electron chi connectivity index (χ4n) is 2.44. The minimum absolute atomic E-state index is 0.0400. The van der Waals surface area contributed by atoms with Crippen molar-refractivity contribution in [2.45, 2.75) is 19.1 Å². The van der Waals surface area contributed by atoms with E-state index in [0.29, 0.717) is 0 Å². The van der Waals surface area contributed by atoms with Crippen molar-refractivity contribution in [2.24, 2.45) is 0 Å². The molecule has 1 N–H and O–H groups in total. The van der Waals surface area contributed by atoms with E-state index in [1.54, 1.807) is 0 Å². The third kappa shape index (κ3) is 2.49. The number of ether oxygens (including phenoxy) is 1. The van der Waals surface area contributed by atoms with Gasteiger partial charge in [0.15, 0.2) is 6.10 Å². The van der Waals surface area contributed by atoms with Gasteiger partial charge in [0.05, 0.1) is 4.92 Å². The number of hydrogen-bond acceptors (Lipinski definition) is 7. The molecule has 23 heavy (non-hydrogen) atoms. The van der Waals surface area contributed by atoms with Crippen LogP contribution in [0, 0.1) is 17.0 Å². The summed E-state index contributed by atoms with van der Waals surface area (Å²) in [7, 11) is 0. The van der Waals surface area contributed by atoms with E-state index in [0.717, 1.165) is 6.07 Å². The Kier molecular flexibility index (Phi) is 3.45. The number of nitro benzene ring substituents is 1. The number of aliphatic hydroxyl groups is 1. The molecule has 8 heteroatoms. The maximum atomic E-state index is 12.3. The van der Waals surface area contributed by atoms with Gasteiger partial charge in [-0.05, 0) is 12.5 Å². The number of benzene rings is 1. The normalized spacial score (nSPS) is 17.5. The van der Waals surface area contributed by atoms with E-state index >= 15 is 0 Å². The highest BCUT2D eigenvalue weighted by Gasteiger charge is 2.41. The molecule has 1 aromatic carbocycles. The first kappa shape index (κ1) is 14.9. The van der Waals surface area contributed by atoms with Gasteiger partial charge in [-0.25, -0.2) is 4.79 Å². The van der Waals surface area contributed by atoms with Gasteiger partial charge in [-0.15, -0.1) is 0 Å². The summed E-state index contributed by atoms with van der Waals surface area (Å²) in [4.78, 5) is 34.2. The summed E-state index contributed by atoms with van der Waals surface area (Å²) in [5.74, 6) is -0.405. The summed E-state index contributed by atoms with van der Waals surface area (Å²) < 4.78 is 10.2. The molecule has 8 nitrogen and oxygen atoms in total. The van der Waals surface area contributed by atoms with Crippen molar-refractivity contribution in [2.75, 3.05) is 0 Å². The smallest absolute Gasteiger partial charge is 0.350 e. The Morgan fingerprint density at radius 3 is 2.74 bits per heavy atom. The molecule has 2 heterocycles. The van der Waals surface area contributed by atoms with E-state index in [9.17, 15) is 24.8 Å². The zero-order chi connectivity index (χ0) is 16.7. The largest absolute Gasteiger partial charge is 0.478 e. The summed E-state index contributed by atoms with van der Waals surface area (Å²) in [5, 5.41) is 21.1. The Hall–Kier alpha value is -3.00. The standard InChI is InChI=1S/C15H11NO7/c1-7-5-10-11(15(19)22-7)13(18)14(23-10)12(17)8-3-2-4-9(6-8)16(20)21/h2-6,12,14,17H,1H3. The molecule has 0 amide bonds. The van der Waals surface area contributed by atoms with Gasteiger partial charge in [-0.2, -0.15) is 0 Å². The molecule has 2 unspecified atom stereocenters. The molecule has 1 aliphatic rings. The molecule has 2 atom stereocenters. The molecular weight excluding hydrogens is 306 g/mol. The Balaban J connectivity index is 1.96. The predicted octanol–water partition coefficient (Wildman–Crippen LogP) is 1.53. The van der Waals surface area contributed by atoms with E-state index in [-0.39, 0.29) is 28.3 Å². The lowest BCUT2D eigenvalue weighted by Crippen LogP contribution is -2.30. The number of carbonyl (C=O) groups is 1. The Labute approximate surface area is 129 Å². The van der Waals surface area contributed by atoms with Crippen molar-refractivity contribution in [3.63, 3.8) is 0 Å². The number of aryl methyl sites for hydroxylation is 1. The van der Waals surface area contributed by atoms with Gasteiger partial charge in [-0.1, -0.05) is 12.1 Å². The average Bonchev–Trinajstić information content (AvgIpc) is 2.83. The second kappa shape index (κ2) is 5.33. The average molecular weight is 317 g/mol. The summed E-state index contributed by atoms with van der Waals surface area (Å²) in [5.41, 5.74) is -1.17. The molecule has 0 saturated heterocycles. The van der Waals surface area contributed by atoms with E-state index in [4.69, 9.17) is 9.15 Å². The quantitative estimate of drug-likeness (QED) is 0.673. The molecule has 2 aromatic rings. The van der Waals surface area contributed by atoms with E-state index in [2.05, 4.69) is 0 Å². The molecule has 0 radical (unpaired) electrons. The number of aliphatic hydroxyl groups excluding tert-OH is 1. The number of fused-ring (bicyclic) bond motifs is 1. The fraction of sp³-hybridized carbons (Fsp3) is 0.200. The zero-order valence-corrected chi connectivity index (χ0v) is 11.9. The molecule has 0 bridgehead atoms. The van der Waals surface area contributed by atoms with Crippen LogP contribution in [-0.4, -0.2) is 21.9 Å². The van der Waals surface area contributed by atoms with E-state index in [1.807, 2.05) is 0 Å². The number of Topliss-reactive ketones (excluding diaryl/α,β-unsaturated/α-hetero) is 1. The minimum atomic E-state index is -1.45. The molecular formula is C15H11NO7. The summed E-state index contributed by atoms with van der Waals surface area (Å²) in [6.45, 7) is 1.53. The highest BCUT2D eigenvalue weighted by molar-refractivity contribution is 6.04. The number of ketones is 1. The van der Waals surface area contributed by atoms with Gasteiger partial charge in [0.2, 0.25) is 5.78 Å². The first-order valence-corrected chi connectivity index (χ1v) is 6.66. The summed E-state index contributed by atoms with van der Waals surface area (Å²) in [6.07, 6.45) is -2.80. The molecule has 0 fully saturated rings. The molecule has 1 aromatic heterocycles. The van der Waals surface area contributed by atoms with Gasteiger partial charge in [0.25, 0.3) is 5.69 Å². The third-order valence-electron chi connectivity index (χ3n) is 3.51. The number of hydrogen-bond donors (Lipinski definition) is 1. The number of rotatable bonds is 3. The van der Waals surface area contributed by atoms with Gasteiger partial charge >= 0.3 is 5.63 Å². The van der Waals surface area contributed by atoms with E-state index < -0.39 is 28.5 Å². The Morgan fingerprint density at radius 2 is 2.04 bits per heavy atom. The van der Waals surface area contributed by atoms with Crippen LogP contribution >= 0.6 is 0 Å². The monoisotopic (exact) mass is 317 g/mol. The molecule has 0 saturated carbocycles. The van der Waals surface area contributed by atoms with Crippen molar-refractivity contribution < 1.29 is 24.0 Å². The van der Waals surface area contributed by atoms with Crippen molar-refractivity contribution in [3.8, 4) is 5.75 Å². The zero-order valence-electron chi connectivity index (χ0n) is 11.9. The summed E-state index contributed by atoms with van der Waals surface area (Å²) in [6, 6.07) is 6.62. The van der Waals surface area contributed by atoms with E-state index in [1.165, 1.54) is 31.2 Å². The van der Waals surface area contributed by atoms with Crippen LogP contribution < -0.4 is 10.4 Å². The van der Waals surface area contributed by atoms with Gasteiger partial charge in [-0.3, -0.25) is 14.9 Å². The third-order valence-corrected chi connectivity index (χ3v) is 3.51. The number of non-ortho nitro benzene ring substituents is 1. The first-order valence-electron chi connectivity index (χ1n) is 6.66. The van der Waals surface area contributed by atoms with Crippen LogP contribution in [0.25, 0.3) is 0 Å². The minimum Gasteiger partial charge on any atom is -0.478 e. The van der Waals surface area contributed by atoms with Crippen molar-refractivity contribution >= 4 is 11.5 Å². The lowest BCUT2D eigenvalue weighted by atomic mass is 9.99. The number of carbonyl (C=O) groups excluding carboxylic acids is 1. The van der Waals surface area contributed by atoms with Gasteiger partial charge < -0.3 is 14.3 Å². The highest BCUT2D eigenvalue weighted by atomic mass is 16.6. The van der Waals surface area contributed by atoms with Crippen molar-refractivity contribution in [1.82, 2.24) is 0 Å². The number of nitrogens with zero attached hydrogens (tertiary/aromatic N) is 1. The Bertz CT molecular complexity index is 870. The fourth-order valence-corrected chi connectivity index (χ4v) is 2.44. The van der Waals surface area contributed by atoms with Crippen LogP contribution in [0.1, 0.15) is 27.8 Å². The SMILES string of the molecule is Cc1cc2c(c(=O)o1)C(=O)C(C(O)c1cccc([N+](=O)[O-])c1)O2. The van der Waals surface area contributed by atoms with Gasteiger partial charge in [0.1, 0.15) is 23.2 Å². The van der Waals surface area contributed by atoms with Gasteiger partial charge in [0, 0.05) is 18.2 Å². The molecule has 1 aliphatic heterocycles. The molecule has 118 valence electrons. The Morgan fingerprint density at radius 1 is 1.30 bits per heavy atom. The highest BCUT2D eigenvalue weighted by Crippen LogP contribution is 2.33. The van der Waals surface area contributed by atoms with Crippen LogP contribution in [-0.2, 0) is 0 Å². The van der Waals surface area contributed by atoms with Crippen molar-refractivity contribution in [3.05, 3.63) is 67.8 Å². The second-order valence-corrected chi connectivity index (χ2v) is 5.08. The van der Waals surface area contributed by atoms with Crippen LogP contribution in [0.4, 0.5) is 5.69 Å². The van der Waals surface area contributed by atoms with Crippen LogP contribution in [0.3, 0.4) is 0 Å². The molecule has 0 aliphatic carbocycles.